The molecule has 0 heterocycles. The molecule has 0 aromatic rings. The van der Waals surface area contributed by atoms with E-state index in [1.165, 1.54) is 0 Å². The Morgan fingerprint density at radius 2 is 1.10 bits per heavy atom. The van der Waals surface area contributed by atoms with Gasteiger partial charge in [-0.15, -0.1) is 0 Å². The Bertz CT molecular complexity index is 256. The third kappa shape index (κ3) is 6.08. The van der Waals surface area contributed by atoms with Crippen molar-refractivity contribution >= 4 is 0 Å². The van der Waals surface area contributed by atoms with Crippen molar-refractivity contribution in [1.29, 1.82) is 0 Å². The van der Waals surface area contributed by atoms with E-state index in [1.807, 2.05) is 62.3 Å². The quantitative estimate of drug-likeness (QED) is 0.627. The molecule has 0 aliphatic carbocycles. The second-order valence-corrected chi connectivity index (χ2v) is 8.68. The summed E-state index contributed by atoms with van der Waals surface area (Å²) in [5.74, 6) is 0. The minimum atomic E-state index is -0.806. The van der Waals surface area contributed by atoms with Gasteiger partial charge in [0.25, 0.3) is 0 Å². The predicted octanol–water partition coefficient (Wildman–Crippen LogP) is 2.12. The average Bonchev–Trinajstić information content (AvgIpc) is 2.23. The molecule has 124 valence electrons. The molecule has 0 rings (SSSR count). The molecule has 0 radical (unpaired) electrons. The van der Waals surface area contributed by atoms with E-state index < -0.39 is 5.60 Å². The van der Waals surface area contributed by atoms with Crippen molar-refractivity contribution in [3.8, 4) is 0 Å². The largest absolute Gasteiger partial charge is 0.391 e. The van der Waals surface area contributed by atoms with Gasteiger partial charge in [0, 0.05) is 13.1 Å². The Labute approximate surface area is 125 Å². The third-order valence-corrected chi connectivity index (χ3v) is 4.00. The molecule has 1 unspecified atom stereocenters. The van der Waals surface area contributed by atoms with E-state index in [0.29, 0.717) is 13.1 Å². The van der Waals surface area contributed by atoms with Crippen LogP contribution in [0.4, 0.5) is 0 Å². The van der Waals surface area contributed by atoms with E-state index in [0.717, 1.165) is 0 Å². The number of rotatable bonds is 2. The van der Waals surface area contributed by atoms with Gasteiger partial charge in [0.15, 0.2) is 0 Å². The summed E-state index contributed by atoms with van der Waals surface area (Å²) in [6.45, 7) is 18.7. The summed E-state index contributed by atoms with van der Waals surface area (Å²) in [5.41, 5.74) is 9.61. The summed E-state index contributed by atoms with van der Waals surface area (Å²) in [5, 5.41) is 19.4. The summed E-state index contributed by atoms with van der Waals surface area (Å²) < 4.78 is 0. The zero-order valence-corrected chi connectivity index (χ0v) is 15.0. The van der Waals surface area contributed by atoms with Crippen molar-refractivity contribution in [2.45, 2.75) is 74.0 Å². The van der Waals surface area contributed by atoms with Crippen LogP contribution in [-0.2, 0) is 0 Å². The smallest absolute Gasteiger partial charge is 0.0865 e. The molecule has 0 aromatic heterocycles. The van der Waals surface area contributed by atoms with E-state index in [2.05, 4.69) is 0 Å². The first-order chi connectivity index (χ1) is 8.54. The fraction of sp³-hybridized carbons (Fsp3) is 1.00. The molecule has 0 aromatic carbocycles. The summed E-state index contributed by atoms with van der Waals surface area (Å²) in [7, 11) is 0. The van der Waals surface area contributed by atoms with Crippen molar-refractivity contribution < 1.29 is 10.2 Å². The van der Waals surface area contributed by atoms with Gasteiger partial charge in [0.05, 0.1) is 11.7 Å². The maximum Gasteiger partial charge on any atom is 0.0865 e. The molecule has 1 atom stereocenters. The van der Waals surface area contributed by atoms with Crippen LogP contribution >= 0.6 is 0 Å². The van der Waals surface area contributed by atoms with Gasteiger partial charge in [-0.1, -0.05) is 62.3 Å². The number of nitrogens with two attached hydrogens (primary N) is 2. The molecule has 0 aliphatic heterocycles. The van der Waals surface area contributed by atoms with Crippen molar-refractivity contribution in [3.63, 3.8) is 0 Å². The highest BCUT2D eigenvalue weighted by Crippen LogP contribution is 2.42. The Morgan fingerprint density at radius 3 is 1.10 bits per heavy atom. The molecule has 6 N–H and O–H groups in total. The standard InChI is InChI=1S/C10H23NO.C6H15NO/c1-8(2,3)10(12,7-11)9(4,5)6;1-6(2,3)5(8)4-7/h12H,7,11H2,1-6H3;5,8H,4,7H2,1-3H3. The van der Waals surface area contributed by atoms with Crippen LogP contribution in [0.3, 0.4) is 0 Å². The third-order valence-electron chi connectivity index (χ3n) is 4.00. The van der Waals surface area contributed by atoms with Crippen LogP contribution in [0.1, 0.15) is 62.3 Å². The average molecular weight is 290 g/mol. The van der Waals surface area contributed by atoms with Gasteiger partial charge in [-0.05, 0) is 16.2 Å². The van der Waals surface area contributed by atoms with Gasteiger partial charge in [0.1, 0.15) is 0 Å². The zero-order valence-electron chi connectivity index (χ0n) is 15.0. The molecule has 0 fully saturated rings. The Kier molecular flexibility index (Phi) is 7.98. The first kappa shape index (κ1) is 22.1. The van der Waals surface area contributed by atoms with Crippen LogP contribution in [-0.4, -0.2) is 35.0 Å². The van der Waals surface area contributed by atoms with Gasteiger partial charge in [-0.3, -0.25) is 0 Å². The van der Waals surface area contributed by atoms with Crippen molar-refractivity contribution in [1.82, 2.24) is 0 Å². The lowest BCUT2D eigenvalue weighted by Gasteiger charge is -2.48. The SMILES string of the molecule is CC(C)(C)C(O)(CN)C(C)(C)C.CC(C)(C)C(O)CN. The van der Waals surface area contributed by atoms with Crippen LogP contribution in [0.15, 0.2) is 0 Å². The summed E-state index contributed by atoms with van der Waals surface area (Å²) in [6.07, 6.45) is -0.373. The topological polar surface area (TPSA) is 92.5 Å². The Hall–Kier alpha value is -0.160. The molecule has 0 spiro atoms. The summed E-state index contributed by atoms with van der Waals surface area (Å²) in [6, 6.07) is 0. The first-order valence-corrected chi connectivity index (χ1v) is 7.35. The molecular weight excluding hydrogens is 252 g/mol. The summed E-state index contributed by atoms with van der Waals surface area (Å²) >= 11 is 0. The van der Waals surface area contributed by atoms with Gasteiger partial charge in [0.2, 0.25) is 0 Å². The molecule has 0 saturated carbocycles. The second kappa shape index (κ2) is 7.21. The maximum atomic E-state index is 10.4. The van der Waals surface area contributed by atoms with Crippen LogP contribution < -0.4 is 11.5 Å². The lowest BCUT2D eigenvalue weighted by molar-refractivity contribution is -0.128. The lowest BCUT2D eigenvalue weighted by Crippen LogP contribution is -2.58. The van der Waals surface area contributed by atoms with Crippen molar-refractivity contribution in [2.24, 2.45) is 27.7 Å². The highest BCUT2D eigenvalue weighted by atomic mass is 16.3. The monoisotopic (exact) mass is 290 g/mol. The van der Waals surface area contributed by atoms with Crippen LogP contribution in [0.2, 0.25) is 0 Å². The normalized spacial score (nSPS) is 15.4. The molecule has 4 nitrogen and oxygen atoms in total. The fourth-order valence-corrected chi connectivity index (χ4v) is 2.09. The molecule has 0 bridgehead atoms. The maximum absolute atomic E-state index is 10.4. The van der Waals surface area contributed by atoms with E-state index >= 15 is 0 Å². The van der Waals surface area contributed by atoms with Gasteiger partial charge in [-0.25, -0.2) is 0 Å². The molecule has 0 aliphatic rings. The van der Waals surface area contributed by atoms with Gasteiger partial charge >= 0.3 is 0 Å². The van der Waals surface area contributed by atoms with Crippen molar-refractivity contribution in [3.05, 3.63) is 0 Å². The van der Waals surface area contributed by atoms with Crippen LogP contribution in [0.5, 0.6) is 0 Å². The van der Waals surface area contributed by atoms with E-state index in [9.17, 15) is 5.11 Å². The van der Waals surface area contributed by atoms with Crippen molar-refractivity contribution in [2.75, 3.05) is 13.1 Å². The molecule has 0 amide bonds. The minimum absolute atomic E-state index is 0.0608. The second-order valence-electron chi connectivity index (χ2n) is 8.68. The van der Waals surface area contributed by atoms with Gasteiger partial charge < -0.3 is 21.7 Å². The van der Waals surface area contributed by atoms with Crippen LogP contribution in [0.25, 0.3) is 0 Å². The molecule has 0 saturated heterocycles. The number of hydrogen-bond acceptors (Lipinski definition) is 4. The molecule has 4 heteroatoms. The number of hydrogen-bond donors (Lipinski definition) is 4. The summed E-state index contributed by atoms with van der Waals surface area (Å²) in [4.78, 5) is 0. The lowest BCUT2D eigenvalue weighted by atomic mass is 9.62. The molecule has 20 heavy (non-hydrogen) atoms. The van der Waals surface area contributed by atoms with Crippen LogP contribution in [0, 0.1) is 16.2 Å². The number of aliphatic hydroxyl groups excluding tert-OH is 1. The molecular formula is C16H38N2O2. The van der Waals surface area contributed by atoms with E-state index in [1.54, 1.807) is 0 Å². The fourth-order valence-electron chi connectivity index (χ4n) is 2.09. The van der Waals surface area contributed by atoms with E-state index in [4.69, 9.17) is 16.6 Å². The zero-order chi connectivity index (χ0) is 17.0. The van der Waals surface area contributed by atoms with Gasteiger partial charge in [-0.2, -0.15) is 0 Å². The van der Waals surface area contributed by atoms with E-state index in [-0.39, 0.29) is 22.3 Å². The predicted molar refractivity (Wildman–Crippen MR) is 87.4 cm³/mol. The highest BCUT2D eigenvalue weighted by molar-refractivity contribution is 4.99. The Balaban J connectivity index is 0. The Morgan fingerprint density at radius 1 is 0.800 bits per heavy atom. The number of aliphatic hydroxyl groups is 2. The highest BCUT2D eigenvalue weighted by Gasteiger charge is 2.47. The minimum Gasteiger partial charge on any atom is -0.391 e. The first-order valence-electron chi connectivity index (χ1n) is 7.35.